The van der Waals surface area contributed by atoms with Crippen molar-refractivity contribution >= 4 is 34.8 Å². The maximum Gasteiger partial charge on any atom is 0.266 e. The van der Waals surface area contributed by atoms with Crippen LogP contribution in [0.3, 0.4) is 0 Å². The summed E-state index contributed by atoms with van der Waals surface area (Å²) in [4.78, 5) is 24.0. The zero-order chi connectivity index (χ0) is 20.3. The van der Waals surface area contributed by atoms with Gasteiger partial charge in [0, 0.05) is 29.4 Å². The van der Waals surface area contributed by atoms with Crippen molar-refractivity contribution < 1.29 is 9.53 Å². The van der Waals surface area contributed by atoms with Crippen molar-refractivity contribution in [1.82, 2.24) is 9.78 Å². The zero-order valence-corrected chi connectivity index (χ0v) is 16.7. The summed E-state index contributed by atoms with van der Waals surface area (Å²) in [5.74, 6) is 0.0356. The molecule has 1 amide bonds. The van der Waals surface area contributed by atoms with Gasteiger partial charge in [-0.05, 0) is 43.3 Å². The quantitative estimate of drug-likeness (QED) is 0.676. The summed E-state index contributed by atoms with van der Waals surface area (Å²) in [5.41, 5.74) is 1.77. The Kier molecular flexibility index (Phi) is 6.02. The first kappa shape index (κ1) is 19.9. The molecule has 28 heavy (non-hydrogen) atoms. The molecule has 3 aromatic rings. The molecule has 144 valence electrons. The Bertz CT molecular complexity index is 1080. The molecule has 0 saturated carbocycles. The zero-order valence-electron chi connectivity index (χ0n) is 15.1. The highest BCUT2D eigenvalue weighted by Crippen LogP contribution is 2.28. The number of hydrogen-bond donors (Lipinski definition) is 1. The van der Waals surface area contributed by atoms with Crippen LogP contribution in [-0.2, 0) is 11.8 Å². The van der Waals surface area contributed by atoms with Crippen LogP contribution >= 0.6 is 23.2 Å². The Hall–Kier alpha value is -2.83. The van der Waals surface area contributed by atoms with Gasteiger partial charge in [0.15, 0.2) is 6.10 Å². The summed E-state index contributed by atoms with van der Waals surface area (Å²) < 4.78 is 6.88. The van der Waals surface area contributed by atoms with E-state index in [1.807, 2.05) is 6.07 Å². The number of nitrogens with zero attached hydrogens (tertiary/aromatic N) is 2. The summed E-state index contributed by atoms with van der Waals surface area (Å²) >= 11 is 11.9. The van der Waals surface area contributed by atoms with E-state index in [9.17, 15) is 9.59 Å². The number of nitrogens with one attached hydrogen (secondary N) is 1. The van der Waals surface area contributed by atoms with E-state index in [0.29, 0.717) is 27.2 Å². The molecule has 2 aromatic carbocycles. The van der Waals surface area contributed by atoms with Crippen LogP contribution in [0.2, 0.25) is 10.0 Å². The summed E-state index contributed by atoms with van der Waals surface area (Å²) in [7, 11) is 1.58. The van der Waals surface area contributed by atoms with Gasteiger partial charge in [-0.25, -0.2) is 4.68 Å². The van der Waals surface area contributed by atoms with E-state index in [1.54, 1.807) is 56.4 Å². The lowest BCUT2D eigenvalue weighted by Crippen LogP contribution is -2.30. The molecule has 1 atom stereocenters. The Morgan fingerprint density at radius 1 is 1.14 bits per heavy atom. The molecule has 0 fully saturated rings. The van der Waals surface area contributed by atoms with E-state index in [4.69, 9.17) is 27.9 Å². The van der Waals surface area contributed by atoms with Crippen LogP contribution in [0.15, 0.2) is 59.4 Å². The average molecular weight is 418 g/mol. The Morgan fingerprint density at radius 2 is 1.93 bits per heavy atom. The highest BCUT2D eigenvalue weighted by atomic mass is 35.5. The number of anilines is 1. The van der Waals surface area contributed by atoms with E-state index in [1.165, 1.54) is 10.7 Å². The van der Waals surface area contributed by atoms with Crippen molar-refractivity contribution in [1.29, 1.82) is 0 Å². The molecule has 1 aromatic heterocycles. The minimum atomic E-state index is -0.780. The largest absolute Gasteiger partial charge is 0.479 e. The number of hydrogen-bond acceptors (Lipinski definition) is 4. The summed E-state index contributed by atoms with van der Waals surface area (Å²) in [6, 6.07) is 15.0. The van der Waals surface area contributed by atoms with Gasteiger partial charge in [-0.1, -0.05) is 35.3 Å². The fourth-order valence-electron chi connectivity index (χ4n) is 2.47. The summed E-state index contributed by atoms with van der Waals surface area (Å²) in [6.45, 7) is 1.62. The van der Waals surface area contributed by atoms with Gasteiger partial charge in [0.2, 0.25) is 0 Å². The molecule has 1 heterocycles. The van der Waals surface area contributed by atoms with Crippen LogP contribution in [0, 0.1) is 0 Å². The first-order valence-corrected chi connectivity index (χ1v) is 9.16. The van der Waals surface area contributed by atoms with Crippen LogP contribution in [0.5, 0.6) is 5.75 Å². The van der Waals surface area contributed by atoms with E-state index in [0.717, 1.165) is 5.56 Å². The number of carbonyl (C=O) groups is 1. The molecule has 0 aliphatic rings. The van der Waals surface area contributed by atoms with Gasteiger partial charge in [0.25, 0.3) is 11.5 Å². The molecule has 0 aliphatic heterocycles. The third-order valence-corrected chi connectivity index (χ3v) is 4.48. The predicted octanol–water partition coefficient (Wildman–Crippen LogP) is 4.16. The second-order valence-corrected chi connectivity index (χ2v) is 6.93. The van der Waals surface area contributed by atoms with E-state index in [2.05, 4.69) is 10.4 Å². The first-order valence-electron chi connectivity index (χ1n) is 8.41. The molecule has 1 unspecified atom stereocenters. The maximum atomic E-state index is 12.5. The summed E-state index contributed by atoms with van der Waals surface area (Å²) in [5, 5.41) is 7.82. The predicted molar refractivity (Wildman–Crippen MR) is 110 cm³/mol. The van der Waals surface area contributed by atoms with Crippen molar-refractivity contribution in [2.24, 2.45) is 7.05 Å². The Labute approximate surface area is 171 Å². The number of aromatic nitrogens is 2. The van der Waals surface area contributed by atoms with Gasteiger partial charge in [0.1, 0.15) is 5.75 Å². The van der Waals surface area contributed by atoms with Gasteiger partial charge in [0.05, 0.1) is 10.7 Å². The molecule has 0 radical (unpaired) electrons. The molecular weight excluding hydrogens is 401 g/mol. The SMILES string of the molecule is CC(Oc1ccc(Cl)cc1Cl)C(=O)Nc1cccc(-c2ccc(=O)n(C)n2)c1. The van der Waals surface area contributed by atoms with Gasteiger partial charge < -0.3 is 10.1 Å². The van der Waals surface area contributed by atoms with Gasteiger partial charge >= 0.3 is 0 Å². The Balaban J connectivity index is 1.73. The molecule has 8 heteroatoms. The van der Waals surface area contributed by atoms with Crippen LogP contribution in [0.1, 0.15) is 6.92 Å². The number of rotatable bonds is 5. The minimum Gasteiger partial charge on any atom is -0.479 e. The van der Waals surface area contributed by atoms with Crippen LogP contribution in [0.4, 0.5) is 5.69 Å². The smallest absolute Gasteiger partial charge is 0.266 e. The van der Waals surface area contributed by atoms with E-state index < -0.39 is 6.10 Å². The maximum absolute atomic E-state index is 12.5. The van der Waals surface area contributed by atoms with E-state index >= 15 is 0 Å². The number of benzene rings is 2. The standard InChI is InChI=1S/C20H17Cl2N3O3/c1-12(28-18-8-6-14(21)11-16(18)22)20(27)23-15-5-3-4-13(10-15)17-7-9-19(26)25(2)24-17/h3-12H,1-2H3,(H,23,27). The normalized spacial score (nSPS) is 11.7. The van der Waals surface area contributed by atoms with Crippen molar-refractivity contribution in [3.05, 3.63) is 75.0 Å². The number of aryl methyl sites for hydroxylation is 1. The third kappa shape index (κ3) is 4.71. The van der Waals surface area contributed by atoms with Crippen molar-refractivity contribution in [2.45, 2.75) is 13.0 Å². The minimum absolute atomic E-state index is 0.194. The molecule has 0 spiro atoms. The number of ether oxygens (including phenoxy) is 1. The summed E-state index contributed by atoms with van der Waals surface area (Å²) in [6.07, 6.45) is -0.780. The van der Waals surface area contributed by atoms with E-state index in [-0.39, 0.29) is 11.5 Å². The monoisotopic (exact) mass is 417 g/mol. The third-order valence-electron chi connectivity index (χ3n) is 3.95. The lowest BCUT2D eigenvalue weighted by molar-refractivity contribution is -0.122. The molecular formula is C20H17Cl2N3O3. The Morgan fingerprint density at radius 3 is 2.64 bits per heavy atom. The number of carbonyl (C=O) groups excluding carboxylic acids is 1. The topological polar surface area (TPSA) is 73.2 Å². The second kappa shape index (κ2) is 8.46. The van der Waals surface area contributed by atoms with Crippen molar-refractivity contribution in [3.8, 4) is 17.0 Å². The number of amides is 1. The molecule has 1 N–H and O–H groups in total. The first-order chi connectivity index (χ1) is 13.3. The van der Waals surface area contributed by atoms with Crippen LogP contribution < -0.4 is 15.6 Å². The molecule has 3 rings (SSSR count). The highest BCUT2D eigenvalue weighted by Gasteiger charge is 2.17. The fraction of sp³-hybridized carbons (Fsp3) is 0.150. The fourth-order valence-corrected chi connectivity index (χ4v) is 2.92. The molecule has 0 aliphatic carbocycles. The molecule has 0 saturated heterocycles. The lowest BCUT2D eigenvalue weighted by Gasteiger charge is -2.16. The van der Waals surface area contributed by atoms with Crippen LogP contribution in [0.25, 0.3) is 11.3 Å². The van der Waals surface area contributed by atoms with Gasteiger partial charge in [-0.3, -0.25) is 9.59 Å². The molecule has 0 bridgehead atoms. The van der Waals surface area contributed by atoms with Crippen LogP contribution in [-0.4, -0.2) is 21.8 Å². The molecule has 6 nitrogen and oxygen atoms in total. The highest BCUT2D eigenvalue weighted by molar-refractivity contribution is 6.35. The van der Waals surface area contributed by atoms with Crippen molar-refractivity contribution in [2.75, 3.05) is 5.32 Å². The second-order valence-electron chi connectivity index (χ2n) is 6.09. The number of halogens is 2. The average Bonchev–Trinajstić information content (AvgIpc) is 2.66. The van der Waals surface area contributed by atoms with Gasteiger partial charge in [-0.15, -0.1) is 0 Å². The lowest BCUT2D eigenvalue weighted by atomic mass is 10.1. The van der Waals surface area contributed by atoms with Crippen molar-refractivity contribution in [3.63, 3.8) is 0 Å². The van der Waals surface area contributed by atoms with Gasteiger partial charge in [-0.2, -0.15) is 5.10 Å².